The first-order valence-electron chi connectivity index (χ1n) is 6.33. The van der Waals surface area contributed by atoms with Crippen LogP contribution in [0.3, 0.4) is 0 Å². The number of aromatic nitrogens is 1. The molecule has 0 saturated carbocycles. The highest BCUT2D eigenvalue weighted by Gasteiger charge is 2.08. The van der Waals surface area contributed by atoms with Gasteiger partial charge in [-0.05, 0) is 36.4 Å². The Labute approximate surface area is 117 Å². The SMILES string of the molecule is CN(C)c1ccc(Nc2nc3c(N)cccc3o2)cc1. The fourth-order valence-electron chi connectivity index (χ4n) is 1.99. The molecule has 0 unspecified atom stereocenters. The van der Waals surface area contributed by atoms with Gasteiger partial charge in [-0.3, -0.25) is 0 Å². The number of oxazole rings is 1. The molecule has 0 aliphatic carbocycles. The van der Waals surface area contributed by atoms with Gasteiger partial charge in [0.05, 0.1) is 5.69 Å². The van der Waals surface area contributed by atoms with Crippen LogP contribution in [0.15, 0.2) is 46.9 Å². The van der Waals surface area contributed by atoms with Crippen LogP contribution in [0.2, 0.25) is 0 Å². The highest BCUT2D eigenvalue weighted by Crippen LogP contribution is 2.26. The van der Waals surface area contributed by atoms with Gasteiger partial charge in [-0.2, -0.15) is 4.98 Å². The molecule has 5 heteroatoms. The lowest BCUT2D eigenvalue weighted by atomic mass is 10.2. The summed E-state index contributed by atoms with van der Waals surface area (Å²) in [5.74, 6) is 0. The molecular weight excluding hydrogens is 252 g/mol. The number of benzene rings is 2. The molecule has 0 aliphatic rings. The maximum Gasteiger partial charge on any atom is 0.300 e. The largest absolute Gasteiger partial charge is 0.423 e. The molecular formula is C15H16N4O. The Balaban J connectivity index is 1.87. The van der Waals surface area contributed by atoms with Crippen molar-refractivity contribution in [2.45, 2.75) is 0 Å². The number of hydrogen-bond donors (Lipinski definition) is 2. The van der Waals surface area contributed by atoms with Crippen molar-refractivity contribution in [1.29, 1.82) is 0 Å². The van der Waals surface area contributed by atoms with Gasteiger partial charge in [0, 0.05) is 25.5 Å². The number of anilines is 4. The molecule has 1 heterocycles. The Bertz CT molecular complexity index is 731. The lowest BCUT2D eigenvalue weighted by molar-refractivity contribution is 0.623. The van der Waals surface area contributed by atoms with Crippen molar-refractivity contribution in [3.8, 4) is 0 Å². The molecule has 1 aromatic heterocycles. The summed E-state index contributed by atoms with van der Waals surface area (Å²) in [6.07, 6.45) is 0. The molecule has 0 radical (unpaired) electrons. The lowest BCUT2D eigenvalue weighted by Crippen LogP contribution is -2.08. The third kappa shape index (κ3) is 2.25. The second-order valence-electron chi connectivity index (χ2n) is 4.78. The molecule has 3 N–H and O–H groups in total. The molecule has 0 fully saturated rings. The van der Waals surface area contributed by atoms with Crippen molar-refractivity contribution in [2.75, 3.05) is 30.0 Å². The van der Waals surface area contributed by atoms with E-state index >= 15 is 0 Å². The molecule has 3 aromatic rings. The number of nitrogen functional groups attached to an aromatic ring is 1. The van der Waals surface area contributed by atoms with Gasteiger partial charge in [-0.15, -0.1) is 0 Å². The monoisotopic (exact) mass is 268 g/mol. The molecule has 0 saturated heterocycles. The third-order valence-electron chi connectivity index (χ3n) is 3.09. The molecule has 0 spiro atoms. The van der Waals surface area contributed by atoms with Gasteiger partial charge in [-0.1, -0.05) is 6.07 Å². The number of fused-ring (bicyclic) bond motifs is 1. The third-order valence-corrected chi connectivity index (χ3v) is 3.09. The van der Waals surface area contributed by atoms with Crippen molar-refractivity contribution in [1.82, 2.24) is 4.98 Å². The molecule has 20 heavy (non-hydrogen) atoms. The zero-order chi connectivity index (χ0) is 14.1. The summed E-state index contributed by atoms with van der Waals surface area (Å²) in [4.78, 5) is 6.40. The first-order valence-corrected chi connectivity index (χ1v) is 6.33. The summed E-state index contributed by atoms with van der Waals surface area (Å²) in [6.45, 7) is 0. The zero-order valence-electron chi connectivity index (χ0n) is 11.4. The van der Waals surface area contributed by atoms with Crippen LogP contribution in [0.25, 0.3) is 11.1 Å². The van der Waals surface area contributed by atoms with Gasteiger partial charge < -0.3 is 20.4 Å². The molecule has 102 valence electrons. The van der Waals surface area contributed by atoms with Crippen molar-refractivity contribution in [2.24, 2.45) is 0 Å². The summed E-state index contributed by atoms with van der Waals surface area (Å²) < 4.78 is 5.62. The van der Waals surface area contributed by atoms with E-state index in [9.17, 15) is 0 Å². The Morgan fingerprint density at radius 1 is 1.10 bits per heavy atom. The molecule has 3 rings (SSSR count). The topological polar surface area (TPSA) is 67.3 Å². The van der Waals surface area contributed by atoms with E-state index in [-0.39, 0.29) is 0 Å². The van der Waals surface area contributed by atoms with Gasteiger partial charge in [0.15, 0.2) is 5.58 Å². The summed E-state index contributed by atoms with van der Waals surface area (Å²) in [5, 5.41) is 3.13. The van der Waals surface area contributed by atoms with E-state index in [0.717, 1.165) is 11.4 Å². The highest BCUT2D eigenvalue weighted by molar-refractivity contribution is 5.86. The molecule has 0 atom stereocenters. The Morgan fingerprint density at radius 3 is 2.50 bits per heavy atom. The number of hydrogen-bond acceptors (Lipinski definition) is 5. The average Bonchev–Trinajstić information content (AvgIpc) is 2.83. The summed E-state index contributed by atoms with van der Waals surface area (Å²) in [5.41, 5.74) is 9.89. The predicted octanol–water partition coefficient (Wildman–Crippen LogP) is 3.22. The van der Waals surface area contributed by atoms with Crippen LogP contribution in [0.1, 0.15) is 0 Å². The van der Waals surface area contributed by atoms with E-state index in [1.54, 1.807) is 6.07 Å². The smallest absolute Gasteiger partial charge is 0.300 e. The van der Waals surface area contributed by atoms with Crippen LogP contribution in [0.5, 0.6) is 0 Å². The maximum absolute atomic E-state index is 5.86. The van der Waals surface area contributed by atoms with E-state index in [1.807, 2.05) is 55.4 Å². The van der Waals surface area contributed by atoms with E-state index in [4.69, 9.17) is 10.2 Å². The fourth-order valence-corrected chi connectivity index (χ4v) is 1.99. The van der Waals surface area contributed by atoms with E-state index in [0.29, 0.717) is 22.8 Å². The highest BCUT2D eigenvalue weighted by atomic mass is 16.4. The number of nitrogens with one attached hydrogen (secondary N) is 1. The maximum atomic E-state index is 5.86. The fraction of sp³-hybridized carbons (Fsp3) is 0.133. The minimum atomic E-state index is 0.440. The van der Waals surface area contributed by atoms with Gasteiger partial charge in [0.1, 0.15) is 5.52 Å². The molecule has 5 nitrogen and oxygen atoms in total. The molecule has 0 aliphatic heterocycles. The molecule has 0 amide bonds. The number of para-hydroxylation sites is 1. The van der Waals surface area contributed by atoms with Crippen LogP contribution in [-0.2, 0) is 0 Å². The number of nitrogens with two attached hydrogens (primary N) is 1. The van der Waals surface area contributed by atoms with Crippen LogP contribution < -0.4 is 16.0 Å². The Morgan fingerprint density at radius 2 is 1.85 bits per heavy atom. The van der Waals surface area contributed by atoms with Crippen molar-refractivity contribution >= 4 is 34.2 Å². The van der Waals surface area contributed by atoms with Gasteiger partial charge in [-0.25, -0.2) is 0 Å². The van der Waals surface area contributed by atoms with Crippen LogP contribution in [-0.4, -0.2) is 19.1 Å². The van der Waals surface area contributed by atoms with E-state index < -0.39 is 0 Å². The van der Waals surface area contributed by atoms with Gasteiger partial charge in [0.25, 0.3) is 6.01 Å². The Kier molecular flexibility index (Phi) is 2.95. The lowest BCUT2D eigenvalue weighted by Gasteiger charge is -2.12. The standard InChI is InChI=1S/C15H16N4O/c1-19(2)11-8-6-10(7-9-11)17-15-18-14-12(16)4-3-5-13(14)20-15/h3-9H,16H2,1-2H3,(H,17,18). The summed E-state index contributed by atoms with van der Waals surface area (Å²) in [7, 11) is 4.01. The van der Waals surface area contributed by atoms with Gasteiger partial charge >= 0.3 is 0 Å². The van der Waals surface area contributed by atoms with Crippen molar-refractivity contribution in [3.05, 3.63) is 42.5 Å². The second-order valence-corrected chi connectivity index (χ2v) is 4.78. The number of nitrogens with zero attached hydrogens (tertiary/aromatic N) is 2. The van der Waals surface area contributed by atoms with Crippen LogP contribution in [0, 0.1) is 0 Å². The molecule has 0 bridgehead atoms. The van der Waals surface area contributed by atoms with E-state index in [1.165, 1.54) is 0 Å². The van der Waals surface area contributed by atoms with Crippen molar-refractivity contribution in [3.63, 3.8) is 0 Å². The van der Waals surface area contributed by atoms with Crippen molar-refractivity contribution < 1.29 is 4.42 Å². The summed E-state index contributed by atoms with van der Waals surface area (Å²) in [6, 6.07) is 14.0. The first-order chi connectivity index (χ1) is 9.63. The average molecular weight is 268 g/mol. The van der Waals surface area contributed by atoms with E-state index in [2.05, 4.69) is 10.3 Å². The molecule has 2 aromatic carbocycles. The first kappa shape index (κ1) is 12.3. The normalized spacial score (nSPS) is 10.7. The minimum Gasteiger partial charge on any atom is -0.423 e. The van der Waals surface area contributed by atoms with Gasteiger partial charge in [0.2, 0.25) is 0 Å². The predicted molar refractivity (Wildman–Crippen MR) is 82.5 cm³/mol. The van der Waals surface area contributed by atoms with Crippen LogP contribution in [0.4, 0.5) is 23.1 Å². The summed E-state index contributed by atoms with van der Waals surface area (Å²) >= 11 is 0. The second kappa shape index (κ2) is 4.77. The Hall–Kier alpha value is -2.69. The number of rotatable bonds is 3. The quantitative estimate of drug-likeness (QED) is 0.714. The zero-order valence-corrected chi connectivity index (χ0v) is 11.4. The van der Waals surface area contributed by atoms with Crippen LogP contribution >= 0.6 is 0 Å². The minimum absolute atomic E-state index is 0.440.